The van der Waals surface area contributed by atoms with E-state index in [-0.39, 0.29) is 12.1 Å². The molecule has 124 valence electrons. The van der Waals surface area contributed by atoms with Crippen molar-refractivity contribution in [2.45, 2.75) is 40.0 Å². The van der Waals surface area contributed by atoms with Crippen molar-refractivity contribution in [2.75, 3.05) is 0 Å². The molecule has 1 aromatic heterocycles. The first-order valence-corrected chi connectivity index (χ1v) is 7.23. The summed E-state index contributed by atoms with van der Waals surface area (Å²) in [6.07, 6.45) is -4.44. The standard InChI is InChI=1S/C16H18F3N3O/c1-4-22-11(3)14(10(2)21-22)15(23)20-9-12-7-5-6-8-13(12)16(17,18)19/h5-8H,4,9H2,1-3H3,(H,20,23). The molecule has 1 heterocycles. The minimum atomic E-state index is -4.44. The molecule has 0 aliphatic carbocycles. The van der Waals surface area contributed by atoms with Crippen LogP contribution in [0.25, 0.3) is 0 Å². The van der Waals surface area contributed by atoms with Crippen molar-refractivity contribution < 1.29 is 18.0 Å². The molecule has 0 spiro atoms. The normalized spacial score (nSPS) is 11.6. The van der Waals surface area contributed by atoms with E-state index in [1.807, 2.05) is 6.92 Å². The van der Waals surface area contributed by atoms with Gasteiger partial charge in [-0.3, -0.25) is 9.48 Å². The van der Waals surface area contributed by atoms with Crippen LogP contribution in [-0.4, -0.2) is 15.7 Å². The third-order valence-electron chi connectivity index (χ3n) is 3.67. The molecule has 7 heteroatoms. The minimum Gasteiger partial charge on any atom is -0.348 e. The van der Waals surface area contributed by atoms with Gasteiger partial charge in [-0.05, 0) is 32.4 Å². The number of carbonyl (C=O) groups is 1. The molecule has 0 atom stereocenters. The Bertz CT molecular complexity index is 720. The fourth-order valence-corrected chi connectivity index (χ4v) is 2.55. The second-order valence-corrected chi connectivity index (χ2v) is 5.20. The van der Waals surface area contributed by atoms with Crippen LogP contribution in [0.2, 0.25) is 0 Å². The van der Waals surface area contributed by atoms with Crippen LogP contribution in [0.4, 0.5) is 13.2 Å². The highest BCUT2D eigenvalue weighted by molar-refractivity contribution is 5.96. The molecule has 2 aromatic rings. The van der Waals surface area contributed by atoms with Gasteiger partial charge in [-0.2, -0.15) is 18.3 Å². The Morgan fingerprint density at radius 3 is 2.48 bits per heavy atom. The highest BCUT2D eigenvalue weighted by atomic mass is 19.4. The highest BCUT2D eigenvalue weighted by Crippen LogP contribution is 2.31. The van der Waals surface area contributed by atoms with Crippen molar-refractivity contribution >= 4 is 5.91 Å². The summed E-state index contributed by atoms with van der Waals surface area (Å²) in [7, 11) is 0. The predicted octanol–water partition coefficient (Wildman–Crippen LogP) is 3.47. The number of halogens is 3. The monoisotopic (exact) mass is 325 g/mol. The summed E-state index contributed by atoms with van der Waals surface area (Å²) in [5.74, 6) is -0.420. The number of aromatic nitrogens is 2. The largest absolute Gasteiger partial charge is 0.416 e. The van der Waals surface area contributed by atoms with Crippen LogP contribution in [-0.2, 0) is 19.3 Å². The Hall–Kier alpha value is -2.31. The van der Waals surface area contributed by atoms with Gasteiger partial charge in [0.25, 0.3) is 5.91 Å². The molecule has 4 nitrogen and oxygen atoms in total. The lowest BCUT2D eigenvalue weighted by Gasteiger charge is -2.13. The molecule has 0 unspecified atom stereocenters. The fraction of sp³-hybridized carbons (Fsp3) is 0.375. The Morgan fingerprint density at radius 2 is 1.91 bits per heavy atom. The summed E-state index contributed by atoms with van der Waals surface area (Å²) in [5, 5.41) is 6.79. The number of aryl methyl sites for hydroxylation is 2. The molecule has 0 saturated carbocycles. The SMILES string of the molecule is CCn1nc(C)c(C(=O)NCc2ccccc2C(F)(F)F)c1C. The number of nitrogens with zero attached hydrogens (tertiary/aromatic N) is 2. The Balaban J connectivity index is 2.20. The molecule has 0 radical (unpaired) electrons. The van der Waals surface area contributed by atoms with Gasteiger partial charge in [0, 0.05) is 18.8 Å². The van der Waals surface area contributed by atoms with Crippen molar-refractivity contribution in [2.24, 2.45) is 0 Å². The Labute approximate surface area is 132 Å². The van der Waals surface area contributed by atoms with E-state index >= 15 is 0 Å². The summed E-state index contributed by atoms with van der Waals surface area (Å²) in [6, 6.07) is 5.21. The molecule has 23 heavy (non-hydrogen) atoms. The smallest absolute Gasteiger partial charge is 0.348 e. The molecule has 0 fully saturated rings. The van der Waals surface area contributed by atoms with Crippen LogP contribution in [0, 0.1) is 13.8 Å². The van der Waals surface area contributed by atoms with E-state index in [9.17, 15) is 18.0 Å². The van der Waals surface area contributed by atoms with Crippen molar-refractivity contribution in [3.63, 3.8) is 0 Å². The van der Waals surface area contributed by atoms with Crippen LogP contribution < -0.4 is 5.32 Å². The van der Waals surface area contributed by atoms with E-state index in [1.165, 1.54) is 18.2 Å². The minimum absolute atomic E-state index is 0.0338. The van der Waals surface area contributed by atoms with Crippen molar-refractivity contribution in [1.82, 2.24) is 15.1 Å². The molecule has 0 aliphatic rings. The number of benzene rings is 1. The van der Waals surface area contributed by atoms with Gasteiger partial charge in [0.1, 0.15) is 0 Å². The first-order chi connectivity index (χ1) is 10.8. The van der Waals surface area contributed by atoms with Gasteiger partial charge in [0.05, 0.1) is 16.8 Å². The average molecular weight is 325 g/mol. The third-order valence-corrected chi connectivity index (χ3v) is 3.67. The highest BCUT2D eigenvalue weighted by Gasteiger charge is 2.33. The number of nitrogens with one attached hydrogen (secondary N) is 1. The lowest BCUT2D eigenvalue weighted by atomic mass is 10.1. The fourth-order valence-electron chi connectivity index (χ4n) is 2.55. The van der Waals surface area contributed by atoms with E-state index in [2.05, 4.69) is 10.4 Å². The first kappa shape index (κ1) is 17.1. The van der Waals surface area contributed by atoms with Crippen LogP contribution in [0.3, 0.4) is 0 Å². The van der Waals surface area contributed by atoms with Gasteiger partial charge in [-0.1, -0.05) is 18.2 Å². The molecule has 1 amide bonds. The Kier molecular flexibility index (Phi) is 4.77. The Morgan fingerprint density at radius 1 is 1.26 bits per heavy atom. The number of hydrogen-bond acceptors (Lipinski definition) is 2. The predicted molar refractivity (Wildman–Crippen MR) is 80.0 cm³/mol. The van der Waals surface area contributed by atoms with E-state index in [1.54, 1.807) is 18.5 Å². The van der Waals surface area contributed by atoms with E-state index in [4.69, 9.17) is 0 Å². The number of alkyl halides is 3. The number of amides is 1. The van der Waals surface area contributed by atoms with Crippen molar-refractivity contribution in [3.8, 4) is 0 Å². The zero-order chi connectivity index (χ0) is 17.2. The van der Waals surface area contributed by atoms with Gasteiger partial charge in [0.2, 0.25) is 0 Å². The lowest BCUT2D eigenvalue weighted by Crippen LogP contribution is -2.25. The molecular weight excluding hydrogens is 307 g/mol. The second-order valence-electron chi connectivity index (χ2n) is 5.20. The second kappa shape index (κ2) is 6.44. The summed E-state index contributed by atoms with van der Waals surface area (Å²) in [6.45, 7) is 5.81. The molecule has 1 aromatic carbocycles. The van der Waals surface area contributed by atoms with E-state index in [0.717, 1.165) is 6.07 Å². The van der Waals surface area contributed by atoms with Crippen LogP contribution in [0.15, 0.2) is 24.3 Å². The van der Waals surface area contributed by atoms with Crippen molar-refractivity contribution in [3.05, 3.63) is 52.3 Å². The number of hydrogen-bond donors (Lipinski definition) is 1. The number of rotatable bonds is 4. The zero-order valence-corrected chi connectivity index (χ0v) is 13.2. The number of carbonyl (C=O) groups excluding carboxylic acids is 1. The van der Waals surface area contributed by atoms with Crippen LogP contribution in [0.5, 0.6) is 0 Å². The quantitative estimate of drug-likeness (QED) is 0.936. The van der Waals surface area contributed by atoms with Crippen LogP contribution in [0.1, 0.15) is 39.8 Å². The summed E-state index contributed by atoms with van der Waals surface area (Å²) in [4.78, 5) is 12.3. The van der Waals surface area contributed by atoms with Gasteiger partial charge in [-0.15, -0.1) is 0 Å². The maximum Gasteiger partial charge on any atom is 0.416 e. The van der Waals surface area contributed by atoms with Gasteiger partial charge in [0.15, 0.2) is 0 Å². The lowest BCUT2D eigenvalue weighted by molar-refractivity contribution is -0.138. The van der Waals surface area contributed by atoms with Crippen molar-refractivity contribution in [1.29, 1.82) is 0 Å². The molecule has 0 bridgehead atoms. The van der Waals surface area contributed by atoms with Gasteiger partial charge >= 0.3 is 6.18 Å². The molecule has 0 aliphatic heterocycles. The van der Waals surface area contributed by atoms with E-state index in [0.29, 0.717) is 23.5 Å². The molecular formula is C16H18F3N3O. The summed E-state index contributed by atoms with van der Waals surface area (Å²) >= 11 is 0. The molecule has 2 rings (SSSR count). The zero-order valence-electron chi connectivity index (χ0n) is 13.2. The maximum atomic E-state index is 12.9. The third kappa shape index (κ3) is 3.55. The molecule has 1 N–H and O–H groups in total. The topological polar surface area (TPSA) is 46.9 Å². The summed E-state index contributed by atoms with van der Waals surface area (Å²) in [5.41, 5.74) is 0.971. The van der Waals surface area contributed by atoms with E-state index < -0.39 is 17.6 Å². The van der Waals surface area contributed by atoms with Gasteiger partial charge in [-0.25, -0.2) is 0 Å². The average Bonchev–Trinajstić information content (AvgIpc) is 2.78. The maximum absolute atomic E-state index is 12.9. The summed E-state index contributed by atoms with van der Waals surface area (Å²) < 4.78 is 40.5. The molecule has 0 saturated heterocycles. The first-order valence-electron chi connectivity index (χ1n) is 7.23. The van der Waals surface area contributed by atoms with Crippen LogP contribution >= 0.6 is 0 Å². The van der Waals surface area contributed by atoms with Gasteiger partial charge < -0.3 is 5.32 Å².